The van der Waals surface area contributed by atoms with Gasteiger partial charge in [0.05, 0.1) is 0 Å². The molecule has 21 heavy (non-hydrogen) atoms. The second-order valence-electron chi connectivity index (χ2n) is 7.30. The molecule has 2 saturated heterocycles. The number of rotatable bonds is 8. The van der Waals surface area contributed by atoms with Crippen molar-refractivity contribution in [3.8, 4) is 0 Å². The third-order valence-electron chi connectivity index (χ3n) is 5.91. The van der Waals surface area contributed by atoms with Gasteiger partial charge in [-0.1, -0.05) is 27.2 Å². The minimum atomic E-state index is 0.478. The van der Waals surface area contributed by atoms with E-state index in [4.69, 9.17) is 0 Å². The lowest BCUT2D eigenvalue weighted by Gasteiger charge is -2.47. The molecule has 1 unspecified atom stereocenters. The zero-order valence-electron chi connectivity index (χ0n) is 14.7. The third kappa shape index (κ3) is 4.67. The van der Waals surface area contributed by atoms with Gasteiger partial charge >= 0.3 is 0 Å². The fourth-order valence-corrected chi connectivity index (χ4v) is 4.15. The van der Waals surface area contributed by atoms with Gasteiger partial charge in [0, 0.05) is 38.8 Å². The Labute approximate surface area is 132 Å². The van der Waals surface area contributed by atoms with Gasteiger partial charge < -0.3 is 5.32 Å². The number of nitrogens with one attached hydrogen (secondary N) is 1. The van der Waals surface area contributed by atoms with Crippen LogP contribution in [0.5, 0.6) is 0 Å². The van der Waals surface area contributed by atoms with E-state index in [0.29, 0.717) is 5.41 Å². The molecule has 124 valence electrons. The first kappa shape index (κ1) is 17.2. The molecule has 2 heterocycles. The number of piperidine rings is 1. The van der Waals surface area contributed by atoms with Crippen LogP contribution in [-0.2, 0) is 0 Å². The van der Waals surface area contributed by atoms with E-state index in [1.54, 1.807) is 0 Å². The molecule has 1 atom stereocenters. The topological polar surface area (TPSA) is 18.5 Å². The van der Waals surface area contributed by atoms with E-state index >= 15 is 0 Å². The Morgan fingerprint density at radius 3 is 2.57 bits per heavy atom. The number of piperazine rings is 1. The summed E-state index contributed by atoms with van der Waals surface area (Å²) in [4.78, 5) is 5.52. The van der Waals surface area contributed by atoms with Crippen LogP contribution >= 0.6 is 0 Å². The zero-order chi connectivity index (χ0) is 15.1. The van der Waals surface area contributed by atoms with Gasteiger partial charge in [-0.25, -0.2) is 0 Å². The number of fused-ring (bicyclic) bond motifs is 1. The Kier molecular flexibility index (Phi) is 6.97. The molecule has 0 amide bonds. The van der Waals surface area contributed by atoms with Crippen LogP contribution in [0.15, 0.2) is 0 Å². The molecule has 0 aromatic carbocycles. The SMILES string of the molecule is CCCNCC(CC)(CC)CN1CCN2CCCCC2C1. The summed E-state index contributed by atoms with van der Waals surface area (Å²) in [6.45, 7) is 15.9. The average Bonchev–Trinajstić information content (AvgIpc) is 2.54. The average molecular weight is 296 g/mol. The molecule has 2 fully saturated rings. The van der Waals surface area contributed by atoms with Crippen molar-refractivity contribution in [2.45, 2.75) is 65.3 Å². The van der Waals surface area contributed by atoms with Crippen LogP contribution in [0.25, 0.3) is 0 Å². The molecule has 1 N–H and O–H groups in total. The number of nitrogens with zero attached hydrogens (tertiary/aromatic N) is 2. The predicted molar refractivity (Wildman–Crippen MR) is 91.8 cm³/mol. The summed E-state index contributed by atoms with van der Waals surface area (Å²) in [6.07, 6.45) is 8.13. The van der Waals surface area contributed by atoms with Gasteiger partial charge in [0.15, 0.2) is 0 Å². The first-order chi connectivity index (χ1) is 10.2. The molecule has 2 aliphatic rings. The van der Waals surface area contributed by atoms with Crippen LogP contribution in [0.4, 0.5) is 0 Å². The maximum atomic E-state index is 3.69. The van der Waals surface area contributed by atoms with E-state index in [-0.39, 0.29) is 0 Å². The minimum absolute atomic E-state index is 0.478. The van der Waals surface area contributed by atoms with Gasteiger partial charge in [0.1, 0.15) is 0 Å². The van der Waals surface area contributed by atoms with E-state index in [1.807, 2.05) is 0 Å². The molecular weight excluding hydrogens is 258 g/mol. The van der Waals surface area contributed by atoms with Crippen molar-refractivity contribution in [2.24, 2.45) is 5.41 Å². The first-order valence-electron chi connectivity index (χ1n) is 9.40. The van der Waals surface area contributed by atoms with Gasteiger partial charge in [0.25, 0.3) is 0 Å². The summed E-state index contributed by atoms with van der Waals surface area (Å²) in [6, 6.07) is 0.850. The molecule has 0 bridgehead atoms. The molecule has 3 heteroatoms. The molecule has 2 rings (SSSR count). The zero-order valence-corrected chi connectivity index (χ0v) is 14.7. The second-order valence-corrected chi connectivity index (χ2v) is 7.30. The van der Waals surface area contributed by atoms with Crippen LogP contribution in [0.1, 0.15) is 59.3 Å². The van der Waals surface area contributed by atoms with E-state index in [2.05, 4.69) is 35.9 Å². The van der Waals surface area contributed by atoms with Crippen LogP contribution < -0.4 is 5.32 Å². The fourth-order valence-electron chi connectivity index (χ4n) is 4.15. The largest absolute Gasteiger partial charge is 0.316 e. The molecule has 0 aromatic rings. The summed E-state index contributed by atoms with van der Waals surface area (Å²) < 4.78 is 0. The van der Waals surface area contributed by atoms with Crippen LogP contribution in [0, 0.1) is 5.41 Å². The summed E-state index contributed by atoms with van der Waals surface area (Å²) in [5, 5.41) is 3.69. The van der Waals surface area contributed by atoms with E-state index < -0.39 is 0 Å². The van der Waals surface area contributed by atoms with Crippen molar-refractivity contribution < 1.29 is 0 Å². The van der Waals surface area contributed by atoms with Crippen molar-refractivity contribution in [3.05, 3.63) is 0 Å². The van der Waals surface area contributed by atoms with E-state index in [0.717, 1.165) is 12.6 Å². The highest BCUT2D eigenvalue weighted by molar-refractivity contribution is 4.89. The molecular formula is C18H37N3. The first-order valence-corrected chi connectivity index (χ1v) is 9.40. The van der Waals surface area contributed by atoms with Crippen molar-refractivity contribution in [3.63, 3.8) is 0 Å². The Morgan fingerprint density at radius 1 is 1.05 bits per heavy atom. The lowest BCUT2D eigenvalue weighted by molar-refractivity contribution is 0.0232. The minimum Gasteiger partial charge on any atom is -0.316 e. The van der Waals surface area contributed by atoms with Gasteiger partial charge in [-0.3, -0.25) is 9.80 Å². The highest BCUT2D eigenvalue weighted by Gasteiger charge is 2.33. The van der Waals surface area contributed by atoms with E-state index in [9.17, 15) is 0 Å². The third-order valence-corrected chi connectivity index (χ3v) is 5.91. The van der Waals surface area contributed by atoms with Gasteiger partial charge in [-0.15, -0.1) is 0 Å². The molecule has 0 aliphatic carbocycles. The number of hydrogen-bond acceptors (Lipinski definition) is 3. The standard InChI is InChI=1S/C18H37N3/c1-4-10-19-15-18(5-2,6-3)16-20-12-13-21-11-8-7-9-17(21)14-20/h17,19H,4-16H2,1-3H3. The summed E-state index contributed by atoms with van der Waals surface area (Å²) in [5.41, 5.74) is 0.478. The normalized spacial score (nSPS) is 25.0. The summed E-state index contributed by atoms with van der Waals surface area (Å²) in [7, 11) is 0. The van der Waals surface area contributed by atoms with Gasteiger partial charge in [-0.2, -0.15) is 0 Å². The number of hydrogen-bond donors (Lipinski definition) is 1. The summed E-state index contributed by atoms with van der Waals surface area (Å²) >= 11 is 0. The maximum absolute atomic E-state index is 3.69. The Hall–Kier alpha value is -0.120. The van der Waals surface area contributed by atoms with Crippen LogP contribution in [-0.4, -0.2) is 61.7 Å². The lowest BCUT2D eigenvalue weighted by atomic mass is 9.81. The Morgan fingerprint density at radius 2 is 1.86 bits per heavy atom. The van der Waals surface area contributed by atoms with Crippen molar-refractivity contribution >= 4 is 0 Å². The smallest absolute Gasteiger partial charge is 0.0223 e. The second kappa shape index (κ2) is 8.50. The highest BCUT2D eigenvalue weighted by Crippen LogP contribution is 2.29. The molecule has 0 aromatic heterocycles. The summed E-state index contributed by atoms with van der Waals surface area (Å²) in [5.74, 6) is 0. The highest BCUT2D eigenvalue weighted by atomic mass is 15.3. The Bertz CT molecular complexity index is 288. The molecule has 0 spiro atoms. The molecule has 0 saturated carbocycles. The quantitative estimate of drug-likeness (QED) is 0.695. The van der Waals surface area contributed by atoms with Gasteiger partial charge in [0.2, 0.25) is 0 Å². The van der Waals surface area contributed by atoms with Crippen molar-refractivity contribution in [1.82, 2.24) is 15.1 Å². The molecule has 3 nitrogen and oxygen atoms in total. The lowest BCUT2D eigenvalue weighted by Crippen LogP contribution is -2.57. The fraction of sp³-hybridized carbons (Fsp3) is 1.00. The Balaban J connectivity index is 1.87. The van der Waals surface area contributed by atoms with Gasteiger partial charge in [-0.05, 0) is 50.6 Å². The molecule has 0 radical (unpaired) electrons. The monoisotopic (exact) mass is 295 g/mol. The van der Waals surface area contributed by atoms with Crippen LogP contribution in [0.3, 0.4) is 0 Å². The predicted octanol–water partition coefficient (Wildman–Crippen LogP) is 2.96. The van der Waals surface area contributed by atoms with Crippen molar-refractivity contribution in [1.29, 1.82) is 0 Å². The maximum Gasteiger partial charge on any atom is 0.0223 e. The van der Waals surface area contributed by atoms with Crippen LogP contribution in [0.2, 0.25) is 0 Å². The molecule has 2 aliphatic heterocycles. The van der Waals surface area contributed by atoms with Crippen molar-refractivity contribution in [2.75, 3.05) is 45.8 Å². The van der Waals surface area contributed by atoms with E-state index in [1.165, 1.54) is 77.8 Å².